The number of hydrogen-bond acceptors (Lipinski definition) is 2. The molecule has 74 valence electrons. The number of aromatic nitrogens is 1. The van der Waals surface area contributed by atoms with Gasteiger partial charge in [0.2, 0.25) is 5.95 Å². The molecule has 0 unspecified atom stereocenters. The summed E-state index contributed by atoms with van der Waals surface area (Å²) in [6.07, 6.45) is -3.09. The minimum Gasteiger partial charge on any atom is -0.217 e. The second-order valence-electron chi connectivity index (χ2n) is 2.44. The molecule has 0 aliphatic carbocycles. The molecule has 1 aromatic heterocycles. The van der Waals surface area contributed by atoms with E-state index in [-0.39, 0.29) is 16.5 Å². The SMILES string of the molecule is N#CCc1cc(Br)c(F)nc1C(F)F. The summed E-state index contributed by atoms with van der Waals surface area (Å²) in [5.74, 6) is -0.998. The number of halogens is 4. The van der Waals surface area contributed by atoms with Gasteiger partial charge < -0.3 is 0 Å². The summed E-state index contributed by atoms with van der Waals surface area (Å²) in [4.78, 5) is 3.08. The molecule has 0 aromatic carbocycles. The maximum Gasteiger partial charge on any atom is 0.280 e. The van der Waals surface area contributed by atoms with E-state index in [0.717, 1.165) is 6.07 Å². The van der Waals surface area contributed by atoms with E-state index in [1.54, 1.807) is 6.07 Å². The summed E-state index contributed by atoms with van der Waals surface area (Å²) in [5, 5.41) is 8.35. The van der Waals surface area contributed by atoms with Crippen molar-refractivity contribution in [3.63, 3.8) is 0 Å². The second kappa shape index (κ2) is 4.42. The van der Waals surface area contributed by atoms with Crippen LogP contribution in [0.5, 0.6) is 0 Å². The first kappa shape index (κ1) is 11.0. The lowest BCUT2D eigenvalue weighted by Gasteiger charge is -2.05. The fraction of sp³-hybridized carbons (Fsp3) is 0.250. The molecule has 2 nitrogen and oxygen atoms in total. The summed E-state index contributed by atoms with van der Waals surface area (Å²) in [6.45, 7) is 0. The van der Waals surface area contributed by atoms with Crippen LogP contribution in [-0.2, 0) is 6.42 Å². The Bertz CT molecular complexity index is 387. The van der Waals surface area contributed by atoms with Gasteiger partial charge in [-0.05, 0) is 27.6 Å². The van der Waals surface area contributed by atoms with E-state index >= 15 is 0 Å². The molecule has 0 aliphatic rings. The number of nitrogens with zero attached hydrogens (tertiary/aromatic N) is 2. The predicted octanol–water partition coefficient (Wildman–Crippen LogP) is 2.99. The van der Waals surface area contributed by atoms with Crippen molar-refractivity contribution >= 4 is 15.9 Å². The van der Waals surface area contributed by atoms with Gasteiger partial charge in [-0.3, -0.25) is 0 Å². The van der Waals surface area contributed by atoms with Gasteiger partial charge in [0.1, 0.15) is 5.69 Å². The zero-order valence-corrected chi connectivity index (χ0v) is 8.35. The van der Waals surface area contributed by atoms with Gasteiger partial charge in [-0.25, -0.2) is 13.8 Å². The standard InChI is InChI=1S/C8H4BrF3N2/c9-5-3-4(1-2-13)6(7(10)11)14-8(5)12/h3,7H,1H2. The van der Waals surface area contributed by atoms with Gasteiger partial charge in [-0.15, -0.1) is 0 Å². The quantitative estimate of drug-likeness (QED) is 0.771. The smallest absolute Gasteiger partial charge is 0.217 e. The Kier molecular flexibility index (Phi) is 3.47. The van der Waals surface area contributed by atoms with Crippen LogP contribution in [0.25, 0.3) is 0 Å². The van der Waals surface area contributed by atoms with Gasteiger partial charge >= 0.3 is 0 Å². The zero-order chi connectivity index (χ0) is 10.7. The highest BCUT2D eigenvalue weighted by Crippen LogP contribution is 2.25. The minimum absolute atomic E-state index is 0.0212. The van der Waals surface area contributed by atoms with E-state index in [2.05, 4.69) is 20.9 Å². The molecule has 0 N–H and O–H groups in total. The first-order valence-corrected chi connectivity index (χ1v) is 4.35. The molecule has 1 heterocycles. The Morgan fingerprint density at radius 2 is 2.21 bits per heavy atom. The Balaban J connectivity index is 3.25. The maximum absolute atomic E-state index is 12.8. The largest absolute Gasteiger partial charge is 0.280 e. The number of rotatable bonds is 2. The van der Waals surface area contributed by atoms with Crippen molar-refractivity contribution in [1.82, 2.24) is 4.98 Å². The number of alkyl halides is 2. The van der Waals surface area contributed by atoms with Gasteiger partial charge in [0.15, 0.2) is 0 Å². The van der Waals surface area contributed by atoms with Crippen LogP contribution in [-0.4, -0.2) is 4.98 Å². The predicted molar refractivity (Wildman–Crippen MR) is 46.2 cm³/mol. The van der Waals surface area contributed by atoms with E-state index in [0.29, 0.717) is 0 Å². The van der Waals surface area contributed by atoms with Crippen LogP contribution in [0.3, 0.4) is 0 Å². The van der Waals surface area contributed by atoms with Crippen LogP contribution in [0, 0.1) is 17.3 Å². The summed E-state index contributed by atoms with van der Waals surface area (Å²) in [6, 6.07) is 2.86. The average Bonchev–Trinajstić information content (AvgIpc) is 2.11. The first-order valence-electron chi connectivity index (χ1n) is 3.56. The summed E-state index contributed by atoms with van der Waals surface area (Å²) in [5.41, 5.74) is -0.636. The molecule has 6 heteroatoms. The highest BCUT2D eigenvalue weighted by atomic mass is 79.9. The number of hydrogen-bond donors (Lipinski definition) is 0. The van der Waals surface area contributed by atoms with Crippen molar-refractivity contribution in [3.05, 3.63) is 27.7 Å². The molecule has 0 radical (unpaired) electrons. The zero-order valence-electron chi connectivity index (χ0n) is 6.77. The van der Waals surface area contributed by atoms with Crippen LogP contribution in [0.2, 0.25) is 0 Å². The fourth-order valence-corrected chi connectivity index (χ4v) is 1.30. The van der Waals surface area contributed by atoms with E-state index in [9.17, 15) is 13.2 Å². The lowest BCUT2D eigenvalue weighted by Crippen LogP contribution is -2.01. The topological polar surface area (TPSA) is 36.7 Å². The molecule has 0 spiro atoms. The van der Waals surface area contributed by atoms with Crippen LogP contribution >= 0.6 is 15.9 Å². The molecule has 0 saturated carbocycles. The lowest BCUT2D eigenvalue weighted by atomic mass is 10.1. The highest BCUT2D eigenvalue weighted by Gasteiger charge is 2.17. The van der Waals surface area contributed by atoms with Gasteiger partial charge in [-0.1, -0.05) is 0 Å². The Labute approximate surface area is 86.5 Å². The lowest BCUT2D eigenvalue weighted by molar-refractivity contribution is 0.143. The molecule has 0 amide bonds. The Hall–Kier alpha value is -1.09. The van der Waals surface area contributed by atoms with Crippen molar-refractivity contribution in [2.24, 2.45) is 0 Å². The van der Waals surface area contributed by atoms with Gasteiger partial charge in [0.25, 0.3) is 6.43 Å². The van der Waals surface area contributed by atoms with Gasteiger partial charge in [0, 0.05) is 0 Å². The number of pyridine rings is 1. The van der Waals surface area contributed by atoms with E-state index in [4.69, 9.17) is 5.26 Å². The molecule has 0 atom stereocenters. The Morgan fingerprint density at radius 3 is 2.71 bits per heavy atom. The monoisotopic (exact) mass is 264 g/mol. The Morgan fingerprint density at radius 1 is 1.57 bits per heavy atom. The molecule has 0 aliphatic heterocycles. The van der Waals surface area contributed by atoms with Crippen molar-refractivity contribution in [1.29, 1.82) is 5.26 Å². The second-order valence-corrected chi connectivity index (χ2v) is 3.30. The van der Waals surface area contributed by atoms with Crippen molar-refractivity contribution in [3.8, 4) is 6.07 Å². The third kappa shape index (κ3) is 2.23. The van der Waals surface area contributed by atoms with Crippen LogP contribution in [0.15, 0.2) is 10.5 Å². The van der Waals surface area contributed by atoms with Crippen LogP contribution in [0.4, 0.5) is 13.2 Å². The number of nitriles is 1. The first-order chi connectivity index (χ1) is 6.56. The average molecular weight is 265 g/mol. The molecule has 0 saturated heterocycles. The summed E-state index contributed by atoms with van der Waals surface area (Å²) < 4.78 is 37.4. The van der Waals surface area contributed by atoms with Crippen molar-refractivity contribution < 1.29 is 13.2 Å². The normalized spacial score (nSPS) is 10.3. The van der Waals surface area contributed by atoms with Crippen LogP contribution < -0.4 is 0 Å². The third-order valence-electron chi connectivity index (χ3n) is 1.52. The molecule has 1 rings (SSSR count). The maximum atomic E-state index is 12.8. The molecule has 1 aromatic rings. The van der Waals surface area contributed by atoms with E-state index in [1.165, 1.54) is 0 Å². The van der Waals surface area contributed by atoms with Crippen molar-refractivity contribution in [2.45, 2.75) is 12.8 Å². The third-order valence-corrected chi connectivity index (χ3v) is 2.08. The minimum atomic E-state index is -2.87. The summed E-state index contributed by atoms with van der Waals surface area (Å²) in [7, 11) is 0. The molecule has 14 heavy (non-hydrogen) atoms. The highest BCUT2D eigenvalue weighted by molar-refractivity contribution is 9.10. The van der Waals surface area contributed by atoms with Gasteiger partial charge in [-0.2, -0.15) is 9.65 Å². The van der Waals surface area contributed by atoms with Gasteiger partial charge in [0.05, 0.1) is 17.0 Å². The molecule has 0 bridgehead atoms. The molecule has 0 fully saturated rings. The van der Waals surface area contributed by atoms with Crippen LogP contribution in [0.1, 0.15) is 17.7 Å². The fourth-order valence-electron chi connectivity index (χ4n) is 0.933. The van der Waals surface area contributed by atoms with E-state index in [1.807, 2.05) is 0 Å². The van der Waals surface area contributed by atoms with Crippen molar-refractivity contribution in [2.75, 3.05) is 0 Å². The summed E-state index contributed by atoms with van der Waals surface area (Å²) >= 11 is 2.81. The molecular formula is C8H4BrF3N2. The van der Waals surface area contributed by atoms with E-state index < -0.39 is 18.1 Å². The molecular weight excluding hydrogens is 261 g/mol.